The van der Waals surface area contributed by atoms with Crippen molar-refractivity contribution in [1.82, 2.24) is 0 Å². The van der Waals surface area contributed by atoms with Crippen LogP contribution < -0.4 is 0 Å². The second-order valence-electron chi connectivity index (χ2n) is 3.58. The zero-order chi connectivity index (χ0) is 9.97. The molecule has 71 valence electrons. The summed E-state index contributed by atoms with van der Waals surface area (Å²) in [4.78, 5) is 0. The average Bonchev–Trinajstić information content (AvgIpc) is 2.76. The number of aliphatic hydroxyl groups excluding tert-OH is 1. The van der Waals surface area contributed by atoms with Gasteiger partial charge in [0.1, 0.15) is 0 Å². The van der Waals surface area contributed by atoms with Crippen molar-refractivity contribution in [3.8, 4) is 0 Å². The second-order valence-corrected chi connectivity index (χ2v) is 5.07. The molecule has 0 aromatic carbocycles. The summed E-state index contributed by atoms with van der Waals surface area (Å²) in [5, 5.41) is 8.98. The van der Waals surface area contributed by atoms with Gasteiger partial charge in [-0.05, 0) is 0 Å². The van der Waals surface area contributed by atoms with Gasteiger partial charge in [0, 0.05) is 0 Å². The van der Waals surface area contributed by atoms with Crippen LogP contribution in [0.3, 0.4) is 0 Å². The average molecular weight is 264 g/mol. The van der Waals surface area contributed by atoms with Gasteiger partial charge in [0.15, 0.2) is 0 Å². The van der Waals surface area contributed by atoms with E-state index in [0.29, 0.717) is 0 Å². The number of allylic oxidation sites excluding steroid dienone is 7. The van der Waals surface area contributed by atoms with Crippen molar-refractivity contribution in [2.45, 2.75) is 19.3 Å². The van der Waals surface area contributed by atoms with E-state index in [2.05, 4.69) is 24.3 Å². The van der Waals surface area contributed by atoms with E-state index < -0.39 is 0 Å². The third-order valence-electron chi connectivity index (χ3n) is 2.65. The summed E-state index contributed by atoms with van der Waals surface area (Å²) in [5.41, 5.74) is 4.24. The molecule has 0 aromatic heterocycles. The van der Waals surface area contributed by atoms with Gasteiger partial charge in [0.25, 0.3) is 0 Å². The first-order valence-corrected chi connectivity index (χ1v) is 6.17. The molecule has 2 rings (SSSR count). The molecule has 0 aromatic rings. The molecule has 0 fully saturated rings. The fraction of sp³-hybridized carbons (Fsp3) is 0.333. The topological polar surface area (TPSA) is 20.2 Å². The SMILES string of the molecule is OCCC1=CC[C]([Zr])=C1C1=CC=CC1. The van der Waals surface area contributed by atoms with Crippen LogP contribution in [0.25, 0.3) is 0 Å². The van der Waals surface area contributed by atoms with Crippen molar-refractivity contribution >= 4 is 0 Å². The molecule has 0 saturated carbocycles. The van der Waals surface area contributed by atoms with E-state index >= 15 is 0 Å². The minimum absolute atomic E-state index is 0.263. The monoisotopic (exact) mass is 263 g/mol. The summed E-state index contributed by atoms with van der Waals surface area (Å²) in [5.74, 6) is 0. The van der Waals surface area contributed by atoms with Gasteiger partial charge in [-0.2, -0.15) is 0 Å². The van der Waals surface area contributed by atoms with Gasteiger partial charge in [0.2, 0.25) is 0 Å². The van der Waals surface area contributed by atoms with E-state index in [1.54, 1.807) is 0 Å². The summed E-state index contributed by atoms with van der Waals surface area (Å²) in [7, 11) is 0. The van der Waals surface area contributed by atoms with E-state index in [0.717, 1.165) is 19.3 Å². The Kier molecular flexibility index (Phi) is 3.35. The normalized spacial score (nSPS) is 20.3. The Balaban J connectivity index is 2.23. The molecular weight excluding hydrogens is 251 g/mol. The molecule has 0 heterocycles. The predicted molar refractivity (Wildman–Crippen MR) is 53.3 cm³/mol. The van der Waals surface area contributed by atoms with Crippen LogP contribution in [0.5, 0.6) is 0 Å². The Morgan fingerprint density at radius 3 is 2.86 bits per heavy atom. The van der Waals surface area contributed by atoms with Gasteiger partial charge in [-0.3, -0.25) is 0 Å². The molecule has 0 aliphatic heterocycles. The van der Waals surface area contributed by atoms with Gasteiger partial charge in [-0.15, -0.1) is 0 Å². The summed E-state index contributed by atoms with van der Waals surface area (Å²) >= 11 is 1.51. The minimum atomic E-state index is 0.263. The van der Waals surface area contributed by atoms with Gasteiger partial charge >= 0.3 is 100.0 Å². The third kappa shape index (κ3) is 1.92. The molecule has 0 bridgehead atoms. The van der Waals surface area contributed by atoms with Crippen LogP contribution in [0.15, 0.2) is 44.3 Å². The summed E-state index contributed by atoms with van der Waals surface area (Å²) in [6.07, 6.45) is 11.8. The molecule has 0 amide bonds. The molecule has 1 nitrogen and oxygen atoms in total. The molecular formula is C12H13OZr. The molecule has 2 aliphatic carbocycles. The first-order chi connectivity index (χ1) is 6.83. The third-order valence-corrected chi connectivity index (χ3v) is 3.77. The summed E-state index contributed by atoms with van der Waals surface area (Å²) in [6, 6.07) is 0. The standard InChI is InChI=1S/C12H13O.Zr/c13-9-8-11-6-3-7-12(11)10-4-1-2-5-10;/h1-2,4,6,13H,3,5,8-9H2;. The first kappa shape index (κ1) is 10.3. The molecule has 0 atom stereocenters. The summed E-state index contributed by atoms with van der Waals surface area (Å²) in [6.45, 7) is 0.263. The van der Waals surface area contributed by atoms with Gasteiger partial charge in [0.05, 0.1) is 0 Å². The molecule has 0 radical (unpaired) electrons. The predicted octanol–water partition coefficient (Wildman–Crippen LogP) is 2.39. The molecule has 0 unspecified atom stereocenters. The van der Waals surface area contributed by atoms with Crippen LogP contribution >= 0.6 is 0 Å². The van der Waals surface area contributed by atoms with Crippen molar-refractivity contribution < 1.29 is 29.8 Å². The molecule has 1 N–H and O–H groups in total. The Labute approximate surface area is 99.7 Å². The zero-order valence-corrected chi connectivity index (χ0v) is 10.5. The Bertz CT molecular complexity index is 359. The van der Waals surface area contributed by atoms with E-state index in [-0.39, 0.29) is 6.61 Å². The second kappa shape index (κ2) is 4.55. The quantitative estimate of drug-likeness (QED) is 0.830. The van der Waals surface area contributed by atoms with Crippen LogP contribution in [-0.4, -0.2) is 11.7 Å². The van der Waals surface area contributed by atoms with Crippen LogP contribution in [0, 0.1) is 0 Å². The molecule has 2 heteroatoms. The van der Waals surface area contributed by atoms with E-state index in [9.17, 15) is 0 Å². The van der Waals surface area contributed by atoms with E-state index in [1.165, 1.54) is 44.7 Å². The first-order valence-electron chi connectivity index (χ1n) is 4.94. The maximum atomic E-state index is 8.98. The van der Waals surface area contributed by atoms with Crippen molar-refractivity contribution in [2.75, 3.05) is 6.61 Å². The fourth-order valence-corrected chi connectivity index (χ4v) is 3.04. The number of hydrogen-bond acceptors (Lipinski definition) is 1. The maximum absolute atomic E-state index is 8.98. The van der Waals surface area contributed by atoms with Crippen molar-refractivity contribution in [1.29, 1.82) is 0 Å². The number of aliphatic hydroxyl groups is 1. The van der Waals surface area contributed by atoms with E-state index in [4.69, 9.17) is 5.11 Å². The Morgan fingerprint density at radius 1 is 1.36 bits per heavy atom. The molecule has 14 heavy (non-hydrogen) atoms. The number of hydrogen-bond donors (Lipinski definition) is 1. The van der Waals surface area contributed by atoms with Crippen LogP contribution in [0.4, 0.5) is 0 Å². The van der Waals surface area contributed by atoms with Crippen molar-refractivity contribution in [3.63, 3.8) is 0 Å². The molecule has 0 spiro atoms. The Hall–Kier alpha value is -0.197. The van der Waals surface area contributed by atoms with Gasteiger partial charge in [-0.25, -0.2) is 0 Å². The van der Waals surface area contributed by atoms with Gasteiger partial charge < -0.3 is 0 Å². The molecule has 2 aliphatic rings. The van der Waals surface area contributed by atoms with E-state index in [1.807, 2.05) is 0 Å². The zero-order valence-electron chi connectivity index (χ0n) is 8.09. The summed E-state index contributed by atoms with van der Waals surface area (Å²) < 4.78 is 1.54. The van der Waals surface area contributed by atoms with Crippen LogP contribution in [0.1, 0.15) is 19.3 Å². The van der Waals surface area contributed by atoms with Gasteiger partial charge in [-0.1, -0.05) is 0 Å². The van der Waals surface area contributed by atoms with Crippen molar-refractivity contribution in [3.05, 3.63) is 44.3 Å². The Morgan fingerprint density at radius 2 is 2.21 bits per heavy atom. The number of rotatable bonds is 3. The fourth-order valence-electron chi connectivity index (χ4n) is 2.00. The molecule has 0 saturated heterocycles. The van der Waals surface area contributed by atoms with Crippen molar-refractivity contribution in [2.24, 2.45) is 0 Å². The van der Waals surface area contributed by atoms with Crippen LogP contribution in [-0.2, 0) is 24.7 Å². The van der Waals surface area contributed by atoms with Crippen LogP contribution in [0.2, 0.25) is 0 Å².